The number of anilines is 1. The smallest absolute Gasteiger partial charge is 0.255 e. The second kappa shape index (κ2) is 9.19. The molecule has 1 N–H and O–H groups in total. The quantitative estimate of drug-likeness (QED) is 0.737. The molecule has 1 amide bonds. The molecule has 29 heavy (non-hydrogen) atoms. The molecule has 156 valence electrons. The van der Waals surface area contributed by atoms with Crippen LogP contribution in [0.5, 0.6) is 0 Å². The molecule has 1 aliphatic rings. The first-order valence-electron chi connectivity index (χ1n) is 9.35. The van der Waals surface area contributed by atoms with Crippen molar-refractivity contribution < 1.29 is 22.0 Å². The van der Waals surface area contributed by atoms with Crippen LogP contribution in [0.2, 0.25) is 5.02 Å². The van der Waals surface area contributed by atoms with Crippen molar-refractivity contribution in [3.63, 3.8) is 0 Å². The Morgan fingerprint density at radius 1 is 0.931 bits per heavy atom. The topological polar surface area (TPSA) is 66.5 Å². The van der Waals surface area contributed by atoms with E-state index in [0.717, 1.165) is 37.5 Å². The Kier molecular flexibility index (Phi) is 6.87. The average Bonchev–Trinajstić information content (AvgIpc) is 2.64. The summed E-state index contributed by atoms with van der Waals surface area (Å²) in [4.78, 5) is 12.0. The maximum absolute atomic E-state index is 14.4. The fourth-order valence-corrected chi connectivity index (χ4v) is 5.01. The van der Waals surface area contributed by atoms with Gasteiger partial charge in [-0.05, 0) is 49.2 Å². The van der Waals surface area contributed by atoms with Crippen LogP contribution in [-0.4, -0.2) is 31.7 Å². The molecule has 3 rings (SSSR count). The zero-order valence-electron chi connectivity index (χ0n) is 15.6. The third-order valence-corrected chi connectivity index (χ3v) is 7.01. The summed E-state index contributed by atoms with van der Waals surface area (Å²) in [7, 11) is -4.07. The van der Waals surface area contributed by atoms with Gasteiger partial charge in [-0.1, -0.05) is 30.9 Å². The molecule has 5 nitrogen and oxygen atoms in total. The van der Waals surface area contributed by atoms with Crippen molar-refractivity contribution in [2.45, 2.75) is 37.0 Å². The minimum Gasteiger partial charge on any atom is -0.322 e. The monoisotopic (exact) mass is 442 g/mol. The molecule has 9 heteroatoms. The third kappa shape index (κ3) is 5.12. The lowest BCUT2D eigenvalue weighted by Gasteiger charge is -2.24. The highest BCUT2D eigenvalue weighted by molar-refractivity contribution is 7.89. The summed E-state index contributed by atoms with van der Waals surface area (Å²) in [6.45, 7) is 0.651. The van der Waals surface area contributed by atoms with Crippen molar-refractivity contribution in [1.82, 2.24) is 4.31 Å². The van der Waals surface area contributed by atoms with E-state index in [1.807, 2.05) is 0 Å². The largest absolute Gasteiger partial charge is 0.322 e. The molecule has 0 bridgehead atoms. The lowest BCUT2D eigenvalue weighted by Crippen LogP contribution is -2.34. The number of rotatable bonds is 4. The Hall–Kier alpha value is -2.03. The molecule has 0 aliphatic carbocycles. The van der Waals surface area contributed by atoms with Crippen molar-refractivity contribution in [1.29, 1.82) is 0 Å². The first-order valence-corrected chi connectivity index (χ1v) is 11.2. The summed E-state index contributed by atoms with van der Waals surface area (Å²) in [5.74, 6) is -2.20. The maximum atomic E-state index is 14.4. The Bertz CT molecular complexity index is 1010. The van der Waals surface area contributed by atoms with Gasteiger partial charge in [-0.15, -0.1) is 0 Å². The van der Waals surface area contributed by atoms with Gasteiger partial charge in [0, 0.05) is 24.3 Å². The van der Waals surface area contributed by atoms with E-state index in [1.165, 1.54) is 22.5 Å². The van der Waals surface area contributed by atoms with Crippen molar-refractivity contribution in [2.24, 2.45) is 0 Å². The molecular formula is C20H21ClF2N2O3S. The van der Waals surface area contributed by atoms with E-state index >= 15 is 0 Å². The molecular weight excluding hydrogens is 422 g/mol. The van der Waals surface area contributed by atoms with Gasteiger partial charge in [-0.2, -0.15) is 4.31 Å². The molecule has 0 unspecified atom stereocenters. The molecule has 0 spiro atoms. The number of amides is 1. The first kappa shape index (κ1) is 21.7. The summed E-state index contributed by atoms with van der Waals surface area (Å²) in [6.07, 6.45) is 4.35. The zero-order valence-corrected chi connectivity index (χ0v) is 17.2. The fraction of sp³-hybridized carbons (Fsp3) is 0.350. The number of nitrogens with zero attached hydrogens (tertiary/aromatic N) is 1. The van der Waals surface area contributed by atoms with Gasteiger partial charge in [0.05, 0.1) is 5.02 Å². The first-order chi connectivity index (χ1) is 13.8. The van der Waals surface area contributed by atoms with Gasteiger partial charge in [-0.25, -0.2) is 17.2 Å². The van der Waals surface area contributed by atoms with E-state index in [2.05, 4.69) is 5.32 Å². The van der Waals surface area contributed by atoms with Gasteiger partial charge < -0.3 is 5.32 Å². The van der Waals surface area contributed by atoms with E-state index in [1.54, 1.807) is 0 Å². The van der Waals surface area contributed by atoms with E-state index in [0.29, 0.717) is 25.9 Å². The summed E-state index contributed by atoms with van der Waals surface area (Å²) < 4.78 is 54.9. The van der Waals surface area contributed by atoms with Crippen LogP contribution in [0.4, 0.5) is 14.5 Å². The SMILES string of the molecule is O=C(Nc1ccc(F)c(Cl)c1)c1ccc(F)c(S(=O)(=O)N2CCCCCCC2)c1. The molecule has 1 saturated heterocycles. The lowest BCUT2D eigenvalue weighted by atomic mass is 10.1. The standard InChI is InChI=1S/C20H21ClF2N2O3S/c21-16-13-15(7-9-17(16)22)24-20(26)14-6-8-18(23)19(12-14)29(27,28)25-10-4-2-1-3-5-11-25/h6-9,12-13H,1-5,10-11H2,(H,24,26). The summed E-state index contributed by atoms with van der Waals surface area (Å²) >= 11 is 5.70. The van der Waals surface area contributed by atoms with Crippen LogP contribution in [0.1, 0.15) is 42.5 Å². The van der Waals surface area contributed by atoms with E-state index in [-0.39, 0.29) is 16.3 Å². The summed E-state index contributed by atoms with van der Waals surface area (Å²) in [6, 6.07) is 6.84. The number of carbonyl (C=O) groups is 1. The normalized spacial score (nSPS) is 16.1. The number of carbonyl (C=O) groups excluding carboxylic acids is 1. The van der Waals surface area contributed by atoms with Gasteiger partial charge in [0.25, 0.3) is 5.91 Å². The van der Waals surface area contributed by atoms with Crippen LogP contribution in [0.3, 0.4) is 0 Å². The molecule has 2 aromatic carbocycles. The second-order valence-electron chi connectivity index (χ2n) is 6.90. The lowest BCUT2D eigenvalue weighted by molar-refractivity contribution is 0.102. The zero-order chi connectivity index (χ0) is 21.0. The van der Waals surface area contributed by atoms with Gasteiger partial charge in [-0.3, -0.25) is 4.79 Å². The number of hydrogen-bond donors (Lipinski definition) is 1. The van der Waals surface area contributed by atoms with Gasteiger partial charge in [0.2, 0.25) is 10.0 Å². The van der Waals surface area contributed by atoms with Crippen molar-refractivity contribution in [2.75, 3.05) is 18.4 Å². The van der Waals surface area contributed by atoms with Crippen LogP contribution >= 0.6 is 11.6 Å². The number of benzene rings is 2. The van der Waals surface area contributed by atoms with Crippen LogP contribution in [0, 0.1) is 11.6 Å². The summed E-state index contributed by atoms with van der Waals surface area (Å²) in [5.41, 5.74) is 0.205. The van der Waals surface area contributed by atoms with Crippen LogP contribution in [-0.2, 0) is 10.0 Å². The number of hydrogen-bond acceptors (Lipinski definition) is 3. The molecule has 1 fully saturated rings. The minimum atomic E-state index is -4.07. The Morgan fingerprint density at radius 3 is 2.21 bits per heavy atom. The van der Waals surface area contributed by atoms with E-state index in [9.17, 15) is 22.0 Å². The van der Waals surface area contributed by atoms with E-state index < -0.39 is 32.5 Å². The molecule has 1 heterocycles. The van der Waals surface area contributed by atoms with Crippen molar-refractivity contribution in [3.05, 3.63) is 58.6 Å². The van der Waals surface area contributed by atoms with Crippen LogP contribution < -0.4 is 5.32 Å². The van der Waals surface area contributed by atoms with Crippen molar-refractivity contribution in [3.8, 4) is 0 Å². The molecule has 0 saturated carbocycles. The number of halogens is 3. The van der Waals surface area contributed by atoms with Crippen LogP contribution in [0.15, 0.2) is 41.3 Å². The number of nitrogens with one attached hydrogen (secondary N) is 1. The van der Waals surface area contributed by atoms with Gasteiger partial charge in [0.1, 0.15) is 16.5 Å². The Balaban J connectivity index is 1.86. The third-order valence-electron chi connectivity index (χ3n) is 4.80. The maximum Gasteiger partial charge on any atom is 0.255 e. The minimum absolute atomic E-state index is 0.0301. The molecule has 0 aromatic heterocycles. The molecule has 0 atom stereocenters. The predicted molar refractivity (Wildman–Crippen MR) is 108 cm³/mol. The van der Waals surface area contributed by atoms with Gasteiger partial charge in [0.15, 0.2) is 0 Å². The Labute approximate surface area is 173 Å². The molecule has 0 radical (unpaired) electrons. The highest BCUT2D eigenvalue weighted by Gasteiger charge is 2.28. The summed E-state index contributed by atoms with van der Waals surface area (Å²) in [5, 5.41) is 2.34. The van der Waals surface area contributed by atoms with Crippen molar-refractivity contribution >= 4 is 33.2 Å². The molecule has 2 aromatic rings. The average molecular weight is 443 g/mol. The Morgan fingerprint density at radius 2 is 1.55 bits per heavy atom. The highest BCUT2D eigenvalue weighted by Crippen LogP contribution is 2.25. The molecule has 1 aliphatic heterocycles. The van der Waals surface area contributed by atoms with Crippen LogP contribution in [0.25, 0.3) is 0 Å². The highest BCUT2D eigenvalue weighted by atomic mass is 35.5. The second-order valence-corrected chi connectivity index (χ2v) is 9.21. The number of sulfonamides is 1. The van der Waals surface area contributed by atoms with Gasteiger partial charge >= 0.3 is 0 Å². The fourth-order valence-electron chi connectivity index (χ4n) is 3.22. The van der Waals surface area contributed by atoms with E-state index in [4.69, 9.17) is 11.6 Å². The predicted octanol–water partition coefficient (Wildman–Crippen LogP) is 4.83.